The highest BCUT2D eigenvalue weighted by Crippen LogP contribution is 2.33. The molecule has 0 unspecified atom stereocenters. The zero-order chi connectivity index (χ0) is 14.8. The Kier molecular flexibility index (Phi) is 3.44. The smallest absolute Gasteiger partial charge is 0.355 e. The van der Waals surface area contributed by atoms with E-state index in [1.54, 1.807) is 19.1 Å². The van der Waals surface area contributed by atoms with Crippen molar-refractivity contribution in [3.63, 3.8) is 0 Å². The normalized spacial score (nSPS) is 10.8. The van der Waals surface area contributed by atoms with Crippen LogP contribution in [0.15, 0.2) is 48.5 Å². The number of carbonyl (C=O) groups is 1. The van der Waals surface area contributed by atoms with Crippen molar-refractivity contribution < 1.29 is 13.9 Å². The van der Waals surface area contributed by atoms with Gasteiger partial charge < -0.3 is 9.72 Å². The number of hydrogen-bond donors (Lipinski definition) is 1. The van der Waals surface area contributed by atoms with Gasteiger partial charge in [-0.2, -0.15) is 0 Å². The van der Waals surface area contributed by atoms with Gasteiger partial charge in [-0.3, -0.25) is 0 Å². The maximum atomic E-state index is 14.0. The van der Waals surface area contributed by atoms with E-state index in [0.717, 1.165) is 5.56 Å². The van der Waals surface area contributed by atoms with Crippen molar-refractivity contribution >= 4 is 16.9 Å². The summed E-state index contributed by atoms with van der Waals surface area (Å²) in [6.45, 7) is 2.01. The van der Waals surface area contributed by atoms with Crippen LogP contribution in [0.3, 0.4) is 0 Å². The van der Waals surface area contributed by atoms with Crippen LogP contribution in [0.5, 0.6) is 0 Å². The fraction of sp³-hybridized carbons (Fsp3) is 0.118. The molecule has 2 aromatic carbocycles. The molecule has 0 aliphatic heterocycles. The summed E-state index contributed by atoms with van der Waals surface area (Å²) < 4.78 is 19.0. The molecule has 0 spiro atoms. The van der Waals surface area contributed by atoms with E-state index >= 15 is 0 Å². The maximum absolute atomic E-state index is 14.0. The van der Waals surface area contributed by atoms with E-state index in [1.807, 2.05) is 30.3 Å². The number of carbonyl (C=O) groups excluding carboxylic acids is 1. The van der Waals surface area contributed by atoms with Gasteiger partial charge in [0.1, 0.15) is 11.5 Å². The van der Waals surface area contributed by atoms with E-state index in [0.29, 0.717) is 16.5 Å². The molecule has 0 aliphatic carbocycles. The molecule has 0 aliphatic rings. The van der Waals surface area contributed by atoms with E-state index in [2.05, 4.69) is 4.98 Å². The first-order chi connectivity index (χ1) is 10.2. The summed E-state index contributed by atoms with van der Waals surface area (Å²) in [5.74, 6) is -0.868. The van der Waals surface area contributed by atoms with Crippen molar-refractivity contribution in [2.24, 2.45) is 0 Å². The van der Waals surface area contributed by atoms with Crippen LogP contribution < -0.4 is 0 Å². The first kappa shape index (κ1) is 13.4. The van der Waals surface area contributed by atoms with Crippen LogP contribution in [0.1, 0.15) is 17.4 Å². The van der Waals surface area contributed by atoms with Gasteiger partial charge in [0.2, 0.25) is 0 Å². The number of aromatic amines is 1. The Morgan fingerprint density at radius 1 is 1.14 bits per heavy atom. The SMILES string of the molecule is CCOC(=O)c1[nH]c2c(F)cccc2c1-c1ccccc1. The number of nitrogens with one attached hydrogen (secondary N) is 1. The molecule has 1 heterocycles. The number of hydrogen-bond acceptors (Lipinski definition) is 2. The third-order valence-electron chi connectivity index (χ3n) is 3.32. The average molecular weight is 283 g/mol. The van der Waals surface area contributed by atoms with E-state index < -0.39 is 5.97 Å². The first-order valence-corrected chi connectivity index (χ1v) is 6.75. The molecule has 4 heteroatoms. The lowest BCUT2D eigenvalue weighted by Gasteiger charge is -2.04. The van der Waals surface area contributed by atoms with E-state index in [4.69, 9.17) is 4.74 Å². The zero-order valence-corrected chi connectivity index (χ0v) is 11.5. The Labute approximate surface area is 121 Å². The first-order valence-electron chi connectivity index (χ1n) is 6.75. The fourth-order valence-corrected chi connectivity index (χ4v) is 2.44. The molecule has 0 atom stereocenters. The minimum absolute atomic E-state index is 0.269. The van der Waals surface area contributed by atoms with Gasteiger partial charge in [0.05, 0.1) is 12.1 Å². The molecule has 0 amide bonds. The highest BCUT2D eigenvalue weighted by Gasteiger charge is 2.21. The van der Waals surface area contributed by atoms with Gasteiger partial charge in [-0.15, -0.1) is 0 Å². The van der Waals surface area contributed by atoms with Gasteiger partial charge in [0, 0.05) is 10.9 Å². The van der Waals surface area contributed by atoms with Crippen molar-refractivity contribution in [3.05, 3.63) is 60.0 Å². The fourth-order valence-electron chi connectivity index (χ4n) is 2.44. The average Bonchev–Trinajstić information content (AvgIpc) is 2.89. The highest BCUT2D eigenvalue weighted by molar-refractivity contribution is 6.08. The van der Waals surface area contributed by atoms with E-state index in [1.165, 1.54) is 6.07 Å². The summed E-state index contributed by atoms with van der Waals surface area (Å²) in [7, 11) is 0. The van der Waals surface area contributed by atoms with Gasteiger partial charge in [-0.25, -0.2) is 9.18 Å². The number of ether oxygens (including phenoxy) is 1. The van der Waals surface area contributed by atoms with Crippen LogP contribution >= 0.6 is 0 Å². The summed E-state index contributed by atoms with van der Waals surface area (Å²) in [5.41, 5.74) is 2.11. The van der Waals surface area contributed by atoms with E-state index in [9.17, 15) is 9.18 Å². The number of rotatable bonds is 3. The second-order valence-electron chi connectivity index (χ2n) is 4.62. The molecule has 3 nitrogen and oxygen atoms in total. The standard InChI is InChI=1S/C17H14FNO2/c1-2-21-17(20)16-14(11-7-4-3-5-8-11)12-9-6-10-13(18)15(12)19-16/h3-10,19H,2H2,1H3. The van der Waals surface area contributed by atoms with Crippen LogP contribution in [-0.4, -0.2) is 17.6 Å². The van der Waals surface area contributed by atoms with Crippen molar-refractivity contribution in [3.8, 4) is 11.1 Å². The van der Waals surface area contributed by atoms with Gasteiger partial charge in [0.15, 0.2) is 0 Å². The van der Waals surface area contributed by atoms with Gasteiger partial charge >= 0.3 is 5.97 Å². The largest absolute Gasteiger partial charge is 0.461 e. The molecule has 0 bridgehead atoms. The quantitative estimate of drug-likeness (QED) is 0.734. The molecular formula is C17H14FNO2. The number of fused-ring (bicyclic) bond motifs is 1. The Morgan fingerprint density at radius 2 is 1.90 bits per heavy atom. The molecule has 106 valence electrons. The zero-order valence-electron chi connectivity index (χ0n) is 11.5. The molecule has 0 radical (unpaired) electrons. The summed E-state index contributed by atoms with van der Waals surface area (Å²) >= 11 is 0. The minimum Gasteiger partial charge on any atom is -0.461 e. The summed E-state index contributed by atoms with van der Waals surface area (Å²) in [4.78, 5) is 15.0. The summed E-state index contributed by atoms with van der Waals surface area (Å²) in [6.07, 6.45) is 0. The molecule has 3 rings (SSSR count). The third kappa shape index (κ3) is 2.29. The van der Waals surface area contributed by atoms with Crippen molar-refractivity contribution in [1.82, 2.24) is 4.98 Å². The number of esters is 1. The molecule has 1 aromatic heterocycles. The molecular weight excluding hydrogens is 269 g/mol. The number of halogens is 1. The van der Waals surface area contributed by atoms with Gasteiger partial charge in [-0.05, 0) is 18.6 Å². The molecule has 0 saturated carbocycles. The predicted molar refractivity (Wildman–Crippen MR) is 79.6 cm³/mol. The van der Waals surface area contributed by atoms with E-state index in [-0.39, 0.29) is 18.1 Å². The lowest BCUT2D eigenvalue weighted by atomic mass is 10.0. The minimum atomic E-state index is -0.480. The van der Waals surface area contributed by atoms with Gasteiger partial charge in [-0.1, -0.05) is 42.5 Å². The van der Waals surface area contributed by atoms with Crippen molar-refractivity contribution in [2.75, 3.05) is 6.61 Å². The van der Waals surface area contributed by atoms with Crippen molar-refractivity contribution in [2.45, 2.75) is 6.92 Å². The van der Waals surface area contributed by atoms with Crippen LogP contribution in [-0.2, 0) is 4.74 Å². The molecule has 3 aromatic rings. The molecule has 0 fully saturated rings. The maximum Gasteiger partial charge on any atom is 0.355 e. The Hall–Kier alpha value is -2.62. The molecule has 0 saturated heterocycles. The molecule has 1 N–H and O–H groups in total. The monoisotopic (exact) mass is 283 g/mol. The lowest BCUT2D eigenvalue weighted by molar-refractivity contribution is 0.0521. The predicted octanol–water partition coefficient (Wildman–Crippen LogP) is 4.15. The van der Waals surface area contributed by atoms with Crippen LogP contribution in [0.2, 0.25) is 0 Å². The second kappa shape index (κ2) is 5.40. The topological polar surface area (TPSA) is 42.1 Å². The molecule has 21 heavy (non-hydrogen) atoms. The van der Waals surface area contributed by atoms with Crippen LogP contribution in [0, 0.1) is 5.82 Å². The number of aromatic nitrogens is 1. The summed E-state index contributed by atoms with van der Waals surface area (Å²) in [6, 6.07) is 14.2. The number of benzene rings is 2. The number of H-pyrrole nitrogens is 1. The lowest BCUT2D eigenvalue weighted by Crippen LogP contribution is -2.06. The van der Waals surface area contributed by atoms with Gasteiger partial charge in [0.25, 0.3) is 0 Å². The third-order valence-corrected chi connectivity index (χ3v) is 3.32. The second-order valence-corrected chi connectivity index (χ2v) is 4.62. The number of para-hydroxylation sites is 1. The van der Waals surface area contributed by atoms with Crippen LogP contribution in [0.25, 0.3) is 22.0 Å². The highest BCUT2D eigenvalue weighted by atomic mass is 19.1. The van der Waals surface area contributed by atoms with Crippen molar-refractivity contribution in [1.29, 1.82) is 0 Å². The Balaban J connectivity index is 2.31. The van der Waals surface area contributed by atoms with Crippen LogP contribution in [0.4, 0.5) is 4.39 Å². The summed E-state index contributed by atoms with van der Waals surface area (Å²) in [5, 5.41) is 0.671. The Bertz CT molecular complexity index is 793. The Morgan fingerprint density at radius 3 is 2.62 bits per heavy atom.